The molecule has 0 fully saturated rings. The Morgan fingerprint density at radius 1 is 1.44 bits per heavy atom. The maximum Gasteiger partial charge on any atom is 0.328 e. The predicted octanol–water partition coefficient (Wildman–Crippen LogP) is 2.46. The number of aliphatic carboxylic acids is 1. The van der Waals surface area contributed by atoms with E-state index in [-0.39, 0.29) is 0 Å². The van der Waals surface area contributed by atoms with Gasteiger partial charge in [-0.25, -0.2) is 4.79 Å². The molecule has 0 saturated heterocycles. The summed E-state index contributed by atoms with van der Waals surface area (Å²) >= 11 is 0. The van der Waals surface area contributed by atoms with E-state index in [9.17, 15) is 4.79 Å². The molecule has 3 nitrogen and oxygen atoms in total. The van der Waals surface area contributed by atoms with Crippen LogP contribution < -0.4 is 4.90 Å². The highest BCUT2D eigenvalue weighted by Crippen LogP contribution is 2.18. The topological polar surface area (TPSA) is 40.5 Å². The molecule has 0 radical (unpaired) electrons. The lowest BCUT2D eigenvalue weighted by atomic mass is 10.2. The number of carbonyl (C=O) groups is 1. The summed E-state index contributed by atoms with van der Waals surface area (Å²) in [6.45, 7) is 5.59. The van der Waals surface area contributed by atoms with Crippen LogP contribution in [0.2, 0.25) is 0 Å². The van der Waals surface area contributed by atoms with Gasteiger partial charge in [0.2, 0.25) is 0 Å². The van der Waals surface area contributed by atoms with E-state index in [1.807, 2.05) is 18.2 Å². The van der Waals surface area contributed by atoms with Crippen LogP contribution in [0.1, 0.15) is 12.5 Å². The van der Waals surface area contributed by atoms with Gasteiger partial charge in [-0.15, -0.1) is 0 Å². The average Bonchev–Trinajstić information content (AvgIpc) is 2.25. The molecule has 0 saturated carbocycles. The first kappa shape index (κ1) is 12.3. The second-order valence-electron chi connectivity index (χ2n) is 3.57. The van der Waals surface area contributed by atoms with Crippen molar-refractivity contribution in [2.75, 3.05) is 18.0 Å². The van der Waals surface area contributed by atoms with Crippen molar-refractivity contribution in [2.45, 2.75) is 13.8 Å². The number of benzene rings is 1. The van der Waals surface area contributed by atoms with Crippen LogP contribution in [0.25, 0.3) is 0 Å². The average molecular weight is 219 g/mol. The summed E-state index contributed by atoms with van der Waals surface area (Å²) < 4.78 is 0. The quantitative estimate of drug-likeness (QED) is 0.773. The number of carboxylic acids is 1. The van der Waals surface area contributed by atoms with Crippen molar-refractivity contribution in [3.05, 3.63) is 42.0 Å². The molecule has 1 aromatic carbocycles. The van der Waals surface area contributed by atoms with Gasteiger partial charge in [-0.1, -0.05) is 24.3 Å². The largest absolute Gasteiger partial charge is 0.478 e. The zero-order valence-electron chi connectivity index (χ0n) is 9.68. The first-order valence-corrected chi connectivity index (χ1v) is 5.35. The molecule has 0 aliphatic carbocycles. The zero-order chi connectivity index (χ0) is 12.0. The third kappa shape index (κ3) is 3.42. The van der Waals surface area contributed by atoms with Crippen LogP contribution in [0, 0.1) is 6.92 Å². The van der Waals surface area contributed by atoms with Crippen LogP contribution in [0.5, 0.6) is 0 Å². The minimum absolute atomic E-state index is 0.619. The van der Waals surface area contributed by atoms with Crippen LogP contribution in [-0.4, -0.2) is 24.2 Å². The molecule has 0 unspecified atom stereocenters. The molecule has 0 aliphatic heterocycles. The van der Waals surface area contributed by atoms with Gasteiger partial charge >= 0.3 is 5.97 Å². The van der Waals surface area contributed by atoms with Crippen molar-refractivity contribution in [3.63, 3.8) is 0 Å². The van der Waals surface area contributed by atoms with Gasteiger partial charge in [0, 0.05) is 24.9 Å². The van der Waals surface area contributed by atoms with Crippen molar-refractivity contribution in [1.29, 1.82) is 0 Å². The molecule has 0 bridgehead atoms. The standard InChI is InChI=1S/C13H17NO2/c1-3-14(10-6-9-13(15)16)12-8-5-4-7-11(12)2/h4-9H,3,10H2,1-2H3,(H,15,16). The lowest BCUT2D eigenvalue weighted by Gasteiger charge is -2.23. The van der Waals surface area contributed by atoms with Crippen LogP contribution in [0.15, 0.2) is 36.4 Å². The van der Waals surface area contributed by atoms with Gasteiger partial charge in [-0.2, -0.15) is 0 Å². The van der Waals surface area contributed by atoms with Gasteiger partial charge in [0.25, 0.3) is 0 Å². The molecule has 0 aliphatic rings. The van der Waals surface area contributed by atoms with Crippen LogP contribution in [0.4, 0.5) is 5.69 Å². The van der Waals surface area contributed by atoms with Crippen molar-refractivity contribution >= 4 is 11.7 Å². The van der Waals surface area contributed by atoms with Crippen molar-refractivity contribution < 1.29 is 9.90 Å². The minimum Gasteiger partial charge on any atom is -0.478 e. The molecule has 0 aromatic heterocycles. The minimum atomic E-state index is -0.902. The van der Waals surface area contributed by atoms with Gasteiger partial charge in [0.15, 0.2) is 0 Å². The summed E-state index contributed by atoms with van der Waals surface area (Å²) in [7, 11) is 0. The maximum absolute atomic E-state index is 10.4. The highest BCUT2D eigenvalue weighted by molar-refractivity contribution is 5.79. The maximum atomic E-state index is 10.4. The van der Waals surface area contributed by atoms with E-state index in [4.69, 9.17) is 5.11 Å². The molecule has 16 heavy (non-hydrogen) atoms. The van der Waals surface area contributed by atoms with Gasteiger partial charge in [-0.05, 0) is 25.5 Å². The summed E-state index contributed by atoms with van der Waals surface area (Å²) in [5.74, 6) is -0.902. The van der Waals surface area contributed by atoms with Gasteiger partial charge in [-0.3, -0.25) is 0 Å². The SMILES string of the molecule is CCN(CC=CC(=O)O)c1ccccc1C. The third-order valence-electron chi connectivity index (χ3n) is 2.42. The first-order chi connectivity index (χ1) is 7.65. The molecule has 1 rings (SSSR count). The van der Waals surface area contributed by atoms with Crippen molar-refractivity contribution in [1.82, 2.24) is 0 Å². The molecule has 0 atom stereocenters. The van der Waals surface area contributed by atoms with Crippen molar-refractivity contribution in [3.8, 4) is 0 Å². The number of nitrogens with zero attached hydrogens (tertiary/aromatic N) is 1. The number of likely N-dealkylation sites (N-methyl/N-ethyl adjacent to an activating group) is 1. The second kappa shape index (κ2) is 5.95. The number of carboxylic acid groups (broad SMARTS) is 1. The lowest BCUT2D eigenvalue weighted by Crippen LogP contribution is -2.23. The Morgan fingerprint density at radius 3 is 2.69 bits per heavy atom. The van der Waals surface area contributed by atoms with E-state index in [0.29, 0.717) is 6.54 Å². The smallest absolute Gasteiger partial charge is 0.328 e. The summed E-state index contributed by atoms with van der Waals surface area (Å²) in [6.07, 6.45) is 2.85. The molecule has 3 heteroatoms. The normalized spacial score (nSPS) is 10.6. The Bertz CT molecular complexity index is 385. The van der Waals surface area contributed by atoms with Crippen LogP contribution in [0.3, 0.4) is 0 Å². The molecular weight excluding hydrogens is 202 g/mol. The molecule has 0 heterocycles. The van der Waals surface area contributed by atoms with E-state index >= 15 is 0 Å². The predicted molar refractivity (Wildman–Crippen MR) is 65.8 cm³/mol. The number of hydrogen-bond donors (Lipinski definition) is 1. The monoisotopic (exact) mass is 219 g/mol. The zero-order valence-corrected chi connectivity index (χ0v) is 9.68. The number of para-hydroxylation sites is 1. The van der Waals surface area contributed by atoms with Gasteiger partial charge < -0.3 is 10.0 Å². The fourth-order valence-electron chi connectivity index (χ4n) is 1.60. The third-order valence-corrected chi connectivity index (χ3v) is 2.42. The summed E-state index contributed by atoms with van der Waals surface area (Å²) in [4.78, 5) is 12.5. The Labute approximate surface area is 96.0 Å². The molecule has 0 spiro atoms. The summed E-state index contributed by atoms with van der Waals surface area (Å²) in [5.41, 5.74) is 2.35. The Hall–Kier alpha value is -1.77. The lowest BCUT2D eigenvalue weighted by molar-refractivity contribution is -0.131. The van der Waals surface area contributed by atoms with E-state index in [1.165, 1.54) is 11.6 Å². The number of rotatable bonds is 5. The number of hydrogen-bond acceptors (Lipinski definition) is 2. The highest BCUT2D eigenvalue weighted by Gasteiger charge is 2.04. The summed E-state index contributed by atoms with van der Waals surface area (Å²) in [5, 5.41) is 8.52. The highest BCUT2D eigenvalue weighted by atomic mass is 16.4. The molecule has 1 aromatic rings. The Balaban J connectivity index is 2.75. The number of anilines is 1. The van der Waals surface area contributed by atoms with Crippen molar-refractivity contribution in [2.24, 2.45) is 0 Å². The second-order valence-corrected chi connectivity index (χ2v) is 3.57. The van der Waals surface area contributed by atoms with Gasteiger partial charge in [0.1, 0.15) is 0 Å². The van der Waals surface area contributed by atoms with E-state index < -0.39 is 5.97 Å². The Morgan fingerprint density at radius 2 is 2.12 bits per heavy atom. The van der Waals surface area contributed by atoms with Crippen LogP contribution in [-0.2, 0) is 4.79 Å². The fourth-order valence-corrected chi connectivity index (χ4v) is 1.60. The van der Waals surface area contributed by atoms with Gasteiger partial charge in [0.05, 0.1) is 0 Å². The van der Waals surface area contributed by atoms with E-state index in [2.05, 4.69) is 24.8 Å². The summed E-state index contributed by atoms with van der Waals surface area (Å²) in [6, 6.07) is 8.10. The van der Waals surface area contributed by atoms with E-state index in [0.717, 1.165) is 12.2 Å². The first-order valence-electron chi connectivity index (χ1n) is 5.35. The molecule has 86 valence electrons. The molecular formula is C13H17NO2. The molecule has 0 amide bonds. The van der Waals surface area contributed by atoms with E-state index in [1.54, 1.807) is 6.08 Å². The molecule has 1 N–H and O–H groups in total. The fraction of sp³-hybridized carbons (Fsp3) is 0.308. The Kier molecular flexibility index (Phi) is 4.58. The number of aryl methyl sites for hydroxylation is 1. The van der Waals surface area contributed by atoms with Crippen LogP contribution >= 0.6 is 0 Å².